The van der Waals surface area contributed by atoms with Crippen LogP contribution in [0.15, 0.2) is 0 Å². The number of aliphatic carboxylic acids is 1. The second kappa shape index (κ2) is 5.88. The number of morpholine rings is 1. The number of rotatable bonds is 2. The Morgan fingerprint density at radius 1 is 1.33 bits per heavy atom. The third kappa shape index (κ3) is 2.80. The highest BCUT2D eigenvalue weighted by atomic mass is 16.6. The van der Waals surface area contributed by atoms with Crippen LogP contribution in [-0.2, 0) is 19.1 Å². The van der Waals surface area contributed by atoms with Gasteiger partial charge in [-0.15, -0.1) is 0 Å². The molecule has 21 heavy (non-hydrogen) atoms. The molecule has 1 N–H and O–H groups in total. The van der Waals surface area contributed by atoms with Gasteiger partial charge in [-0.05, 0) is 19.8 Å². The predicted molar refractivity (Wildman–Crippen MR) is 70.7 cm³/mol. The van der Waals surface area contributed by atoms with E-state index in [-0.39, 0.29) is 19.2 Å². The first-order valence-corrected chi connectivity index (χ1v) is 6.89. The number of nitrogens with zero attached hydrogens (tertiary/aromatic N) is 2. The maximum atomic E-state index is 12.6. The van der Waals surface area contributed by atoms with E-state index in [1.165, 1.54) is 16.9 Å². The Kier molecular flexibility index (Phi) is 4.36. The van der Waals surface area contributed by atoms with Crippen LogP contribution in [0.5, 0.6) is 0 Å². The summed E-state index contributed by atoms with van der Waals surface area (Å²) >= 11 is 0. The zero-order valence-corrected chi connectivity index (χ0v) is 12.2. The molecule has 2 heterocycles. The maximum Gasteiger partial charge on any atom is 0.336 e. The minimum atomic E-state index is -1.18. The zero-order chi connectivity index (χ0) is 15.6. The molecule has 2 atom stereocenters. The number of esters is 1. The number of carbonyl (C=O) groups is 3. The molecule has 0 spiro atoms. The summed E-state index contributed by atoms with van der Waals surface area (Å²) in [5.74, 6) is -1.54. The van der Waals surface area contributed by atoms with Gasteiger partial charge >= 0.3 is 18.0 Å². The normalized spacial score (nSPS) is 29.3. The summed E-state index contributed by atoms with van der Waals surface area (Å²) in [6, 6.07) is -0.366. The molecule has 0 aromatic carbocycles. The van der Waals surface area contributed by atoms with Crippen molar-refractivity contribution < 1.29 is 29.0 Å². The Morgan fingerprint density at radius 3 is 2.67 bits per heavy atom. The van der Waals surface area contributed by atoms with E-state index in [4.69, 9.17) is 4.74 Å². The van der Waals surface area contributed by atoms with Crippen molar-refractivity contribution >= 4 is 18.0 Å². The number of carboxylic acids is 1. The summed E-state index contributed by atoms with van der Waals surface area (Å²) in [6.07, 6.45) is 0.268. The van der Waals surface area contributed by atoms with Gasteiger partial charge in [0.15, 0.2) is 6.10 Å². The molecule has 2 amide bonds. The fourth-order valence-electron chi connectivity index (χ4n) is 2.76. The van der Waals surface area contributed by atoms with Crippen LogP contribution in [-0.4, -0.2) is 77.9 Å². The van der Waals surface area contributed by atoms with Crippen LogP contribution in [0.3, 0.4) is 0 Å². The molecular weight excluding hydrogens is 280 g/mol. The van der Waals surface area contributed by atoms with Crippen molar-refractivity contribution in [2.75, 3.05) is 33.4 Å². The average molecular weight is 300 g/mol. The van der Waals surface area contributed by atoms with Crippen LogP contribution < -0.4 is 0 Å². The van der Waals surface area contributed by atoms with Gasteiger partial charge in [0.05, 0.1) is 20.3 Å². The second-order valence-electron chi connectivity index (χ2n) is 5.45. The lowest BCUT2D eigenvalue weighted by Crippen LogP contribution is -2.58. The monoisotopic (exact) mass is 300 g/mol. The molecule has 2 aliphatic heterocycles. The number of carbonyl (C=O) groups excluding carboxylic acids is 2. The van der Waals surface area contributed by atoms with Crippen molar-refractivity contribution in [3.63, 3.8) is 0 Å². The predicted octanol–water partition coefficient (Wildman–Crippen LogP) is -0.0807. The van der Waals surface area contributed by atoms with E-state index in [1.54, 1.807) is 6.92 Å². The van der Waals surface area contributed by atoms with Crippen LogP contribution in [0.4, 0.5) is 4.79 Å². The molecule has 2 fully saturated rings. The highest BCUT2D eigenvalue weighted by molar-refractivity contribution is 5.87. The summed E-state index contributed by atoms with van der Waals surface area (Å²) in [7, 11) is 1.26. The van der Waals surface area contributed by atoms with Crippen LogP contribution in [0.1, 0.15) is 19.8 Å². The molecule has 0 aromatic rings. The highest BCUT2D eigenvalue weighted by Gasteiger charge is 2.47. The van der Waals surface area contributed by atoms with Gasteiger partial charge in [0, 0.05) is 13.1 Å². The first-order valence-electron chi connectivity index (χ1n) is 6.89. The smallest absolute Gasteiger partial charge is 0.336 e. The molecule has 8 heteroatoms. The minimum Gasteiger partial charge on any atom is -0.480 e. The van der Waals surface area contributed by atoms with Gasteiger partial charge in [0.1, 0.15) is 5.54 Å². The Morgan fingerprint density at radius 2 is 2.05 bits per heavy atom. The van der Waals surface area contributed by atoms with Gasteiger partial charge in [0.25, 0.3) is 0 Å². The topological polar surface area (TPSA) is 96.4 Å². The molecule has 0 radical (unpaired) electrons. The van der Waals surface area contributed by atoms with Crippen molar-refractivity contribution in [2.45, 2.75) is 31.4 Å². The van der Waals surface area contributed by atoms with E-state index in [9.17, 15) is 19.5 Å². The third-order valence-corrected chi connectivity index (χ3v) is 4.13. The fraction of sp³-hybridized carbons (Fsp3) is 0.769. The molecule has 2 unspecified atom stereocenters. The molecule has 2 saturated heterocycles. The van der Waals surface area contributed by atoms with Crippen LogP contribution in [0, 0.1) is 0 Å². The number of hydrogen-bond donors (Lipinski definition) is 1. The van der Waals surface area contributed by atoms with Gasteiger partial charge in [-0.2, -0.15) is 0 Å². The first-order chi connectivity index (χ1) is 9.90. The van der Waals surface area contributed by atoms with Gasteiger partial charge in [0.2, 0.25) is 0 Å². The van der Waals surface area contributed by atoms with E-state index in [2.05, 4.69) is 4.74 Å². The molecule has 2 rings (SSSR count). The second-order valence-corrected chi connectivity index (χ2v) is 5.45. The minimum absolute atomic E-state index is 0.0811. The molecule has 0 aromatic heterocycles. The first kappa shape index (κ1) is 15.6. The summed E-state index contributed by atoms with van der Waals surface area (Å²) < 4.78 is 9.88. The molecule has 0 bridgehead atoms. The number of hydrogen-bond acceptors (Lipinski definition) is 5. The fourth-order valence-corrected chi connectivity index (χ4v) is 2.76. The van der Waals surface area contributed by atoms with Crippen molar-refractivity contribution in [1.82, 2.24) is 9.80 Å². The summed E-state index contributed by atoms with van der Waals surface area (Å²) in [5, 5.41) is 9.36. The molecular formula is C13H20N2O6. The maximum absolute atomic E-state index is 12.6. The molecule has 0 aliphatic carbocycles. The average Bonchev–Trinajstić information content (AvgIpc) is 2.89. The third-order valence-electron chi connectivity index (χ3n) is 4.13. The Hall–Kier alpha value is -1.83. The Balaban J connectivity index is 2.09. The Bertz CT molecular complexity index is 454. The Labute approximate surface area is 122 Å². The van der Waals surface area contributed by atoms with E-state index < -0.39 is 23.6 Å². The van der Waals surface area contributed by atoms with E-state index in [1.807, 2.05) is 0 Å². The SMILES string of the molecule is COC(=O)C1CN(C(=O)N2CCCC2(C)C(=O)O)CCO1. The van der Waals surface area contributed by atoms with Crippen molar-refractivity contribution in [1.29, 1.82) is 0 Å². The van der Waals surface area contributed by atoms with Crippen LogP contribution in [0.2, 0.25) is 0 Å². The molecule has 2 aliphatic rings. The quantitative estimate of drug-likeness (QED) is 0.717. The standard InChI is InChI=1S/C13H20N2O6/c1-13(11(17)18)4-3-5-15(13)12(19)14-6-7-21-9(8-14)10(16)20-2/h9H,3-8H2,1-2H3,(H,17,18). The molecule has 8 nitrogen and oxygen atoms in total. The molecule has 0 saturated carbocycles. The molecule has 118 valence electrons. The van der Waals surface area contributed by atoms with Gasteiger partial charge in [-0.1, -0.05) is 0 Å². The zero-order valence-electron chi connectivity index (χ0n) is 12.2. The summed E-state index contributed by atoms with van der Waals surface area (Å²) in [5.41, 5.74) is -1.18. The van der Waals surface area contributed by atoms with Crippen LogP contribution in [0.25, 0.3) is 0 Å². The van der Waals surface area contributed by atoms with Gasteiger partial charge in [-0.3, -0.25) is 0 Å². The van der Waals surface area contributed by atoms with Crippen molar-refractivity contribution in [3.05, 3.63) is 0 Å². The van der Waals surface area contributed by atoms with Crippen molar-refractivity contribution in [2.24, 2.45) is 0 Å². The largest absolute Gasteiger partial charge is 0.480 e. The van der Waals surface area contributed by atoms with Gasteiger partial charge in [-0.25, -0.2) is 14.4 Å². The number of likely N-dealkylation sites (tertiary alicyclic amines) is 1. The van der Waals surface area contributed by atoms with E-state index in [0.717, 1.165) is 0 Å². The number of methoxy groups -OCH3 is 1. The summed E-state index contributed by atoms with van der Waals surface area (Å²) in [6.45, 7) is 2.60. The summed E-state index contributed by atoms with van der Waals surface area (Å²) in [4.78, 5) is 38.3. The number of ether oxygens (including phenoxy) is 2. The van der Waals surface area contributed by atoms with E-state index in [0.29, 0.717) is 25.9 Å². The lowest BCUT2D eigenvalue weighted by atomic mass is 9.99. The number of urea groups is 1. The van der Waals surface area contributed by atoms with E-state index >= 15 is 0 Å². The van der Waals surface area contributed by atoms with Gasteiger partial charge < -0.3 is 24.4 Å². The lowest BCUT2D eigenvalue weighted by Gasteiger charge is -2.38. The highest BCUT2D eigenvalue weighted by Crippen LogP contribution is 2.30. The van der Waals surface area contributed by atoms with Crippen molar-refractivity contribution in [3.8, 4) is 0 Å². The van der Waals surface area contributed by atoms with Crippen LogP contribution >= 0.6 is 0 Å². The lowest BCUT2D eigenvalue weighted by molar-refractivity contribution is -0.159. The number of amides is 2. The number of carboxylic acid groups (broad SMARTS) is 1.